The molecule has 0 radical (unpaired) electrons. The number of para-hydroxylation sites is 1. The highest BCUT2D eigenvalue weighted by Crippen LogP contribution is 2.30. The maximum atomic E-state index is 5.90. The molecule has 0 aliphatic rings. The number of aromatic nitrogens is 1. The van der Waals surface area contributed by atoms with Crippen molar-refractivity contribution in [1.82, 2.24) is 4.98 Å². The SMILES string of the molecule is Clc1ccccc1Oc1cncs1. The normalized spacial score (nSPS) is 9.92. The second-order valence-corrected chi connectivity index (χ2v) is 3.61. The second-order valence-electron chi connectivity index (χ2n) is 2.35. The van der Waals surface area contributed by atoms with E-state index in [1.54, 1.807) is 17.8 Å². The van der Waals surface area contributed by atoms with Crippen LogP contribution >= 0.6 is 22.9 Å². The Bertz CT molecular complexity index is 388. The Morgan fingerprint density at radius 1 is 1.31 bits per heavy atom. The zero-order chi connectivity index (χ0) is 9.10. The molecule has 1 aromatic heterocycles. The van der Waals surface area contributed by atoms with Crippen molar-refractivity contribution in [3.63, 3.8) is 0 Å². The van der Waals surface area contributed by atoms with Gasteiger partial charge < -0.3 is 4.74 Å². The van der Waals surface area contributed by atoms with Crippen LogP contribution in [0.3, 0.4) is 0 Å². The first-order chi connectivity index (χ1) is 6.36. The predicted octanol–water partition coefficient (Wildman–Crippen LogP) is 3.59. The van der Waals surface area contributed by atoms with Gasteiger partial charge in [-0.15, -0.1) is 0 Å². The van der Waals surface area contributed by atoms with Crippen LogP contribution in [-0.4, -0.2) is 4.98 Å². The highest BCUT2D eigenvalue weighted by molar-refractivity contribution is 7.11. The standard InChI is InChI=1S/C9H6ClNOS/c10-7-3-1-2-4-8(7)12-9-5-11-6-13-9/h1-6H. The maximum absolute atomic E-state index is 5.90. The molecule has 1 aromatic carbocycles. The van der Waals surface area contributed by atoms with Gasteiger partial charge in [-0.25, -0.2) is 4.98 Å². The predicted molar refractivity (Wildman–Crippen MR) is 53.6 cm³/mol. The van der Waals surface area contributed by atoms with E-state index in [0.29, 0.717) is 10.8 Å². The van der Waals surface area contributed by atoms with E-state index in [9.17, 15) is 0 Å². The molecule has 0 bridgehead atoms. The van der Waals surface area contributed by atoms with Crippen molar-refractivity contribution in [1.29, 1.82) is 0 Å². The topological polar surface area (TPSA) is 22.1 Å². The van der Waals surface area contributed by atoms with Crippen LogP contribution in [0.25, 0.3) is 0 Å². The molecule has 0 saturated carbocycles. The zero-order valence-electron chi connectivity index (χ0n) is 6.61. The Balaban J connectivity index is 2.24. The molecular weight excluding hydrogens is 206 g/mol. The van der Waals surface area contributed by atoms with Crippen LogP contribution < -0.4 is 4.74 Å². The zero-order valence-corrected chi connectivity index (χ0v) is 8.18. The molecule has 0 N–H and O–H groups in total. The average molecular weight is 212 g/mol. The lowest BCUT2D eigenvalue weighted by Gasteiger charge is -2.02. The minimum absolute atomic E-state index is 0.607. The number of ether oxygens (including phenoxy) is 1. The second kappa shape index (κ2) is 3.77. The number of hydrogen-bond acceptors (Lipinski definition) is 3. The fourth-order valence-corrected chi connectivity index (χ4v) is 1.55. The third kappa shape index (κ3) is 1.99. The Kier molecular flexibility index (Phi) is 2.47. The van der Waals surface area contributed by atoms with E-state index in [2.05, 4.69) is 4.98 Å². The quantitative estimate of drug-likeness (QED) is 0.758. The number of rotatable bonds is 2. The molecule has 0 spiro atoms. The molecule has 0 amide bonds. The molecule has 0 aliphatic heterocycles. The molecule has 0 atom stereocenters. The number of benzene rings is 1. The highest BCUT2D eigenvalue weighted by Gasteiger charge is 2.01. The Morgan fingerprint density at radius 2 is 2.15 bits per heavy atom. The maximum Gasteiger partial charge on any atom is 0.200 e. The van der Waals surface area contributed by atoms with Gasteiger partial charge in [0.25, 0.3) is 0 Å². The Labute approximate surface area is 84.8 Å². The van der Waals surface area contributed by atoms with Crippen LogP contribution in [0, 0.1) is 0 Å². The first kappa shape index (κ1) is 8.53. The molecule has 0 fully saturated rings. The fraction of sp³-hybridized carbons (Fsp3) is 0. The molecular formula is C9H6ClNOS. The highest BCUT2D eigenvalue weighted by atomic mass is 35.5. The van der Waals surface area contributed by atoms with Crippen molar-refractivity contribution in [3.8, 4) is 10.8 Å². The third-order valence-corrected chi connectivity index (χ3v) is 2.42. The first-order valence-electron chi connectivity index (χ1n) is 3.67. The van der Waals surface area contributed by atoms with Gasteiger partial charge in [-0.3, -0.25) is 0 Å². The van der Waals surface area contributed by atoms with E-state index in [0.717, 1.165) is 5.06 Å². The van der Waals surface area contributed by atoms with E-state index in [4.69, 9.17) is 16.3 Å². The molecule has 2 nitrogen and oxygen atoms in total. The van der Waals surface area contributed by atoms with Gasteiger partial charge in [0, 0.05) is 0 Å². The van der Waals surface area contributed by atoms with Crippen LogP contribution in [-0.2, 0) is 0 Å². The van der Waals surface area contributed by atoms with Crippen molar-refractivity contribution < 1.29 is 4.74 Å². The van der Waals surface area contributed by atoms with Crippen LogP contribution in [0.15, 0.2) is 36.0 Å². The van der Waals surface area contributed by atoms with Gasteiger partial charge in [-0.2, -0.15) is 0 Å². The summed E-state index contributed by atoms with van der Waals surface area (Å²) in [5.41, 5.74) is 1.71. The van der Waals surface area contributed by atoms with Crippen LogP contribution in [0.1, 0.15) is 0 Å². The number of hydrogen-bond donors (Lipinski definition) is 0. The summed E-state index contributed by atoms with van der Waals surface area (Å²) in [6.45, 7) is 0. The van der Waals surface area contributed by atoms with Gasteiger partial charge in [-0.05, 0) is 12.1 Å². The lowest BCUT2D eigenvalue weighted by atomic mass is 10.3. The van der Waals surface area contributed by atoms with Crippen LogP contribution in [0.4, 0.5) is 0 Å². The van der Waals surface area contributed by atoms with Gasteiger partial charge >= 0.3 is 0 Å². The Hall–Kier alpha value is -1.06. The van der Waals surface area contributed by atoms with Crippen molar-refractivity contribution in [3.05, 3.63) is 41.0 Å². The molecule has 66 valence electrons. The molecule has 2 aromatic rings. The van der Waals surface area contributed by atoms with Crippen molar-refractivity contribution in [2.75, 3.05) is 0 Å². The van der Waals surface area contributed by atoms with Crippen molar-refractivity contribution in [2.24, 2.45) is 0 Å². The van der Waals surface area contributed by atoms with Crippen molar-refractivity contribution >= 4 is 22.9 Å². The third-order valence-electron chi connectivity index (χ3n) is 1.46. The molecule has 1 heterocycles. The molecule has 0 aliphatic carbocycles. The molecule has 4 heteroatoms. The molecule has 0 saturated heterocycles. The van der Waals surface area contributed by atoms with Gasteiger partial charge in [-0.1, -0.05) is 35.1 Å². The lowest BCUT2D eigenvalue weighted by molar-refractivity contribution is 0.495. The first-order valence-corrected chi connectivity index (χ1v) is 4.93. The summed E-state index contributed by atoms with van der Waals surface area (Å²) < 4.78 is 5.47. The van der Waals surface area contributed by atoms with Gasteiger partial charge in [0.2, 0.25) is 5.06 Å². The van der Waals surface area contributed by atoms with Crippen molar-refractivity contribution in [2.45, 2.75) is 0 Å². The number of nitrogens with zero attached hydrogens (tertiary/aromatic N) is 1. The Morgan fingerprint density at radius 3 is 2.85 bits per heavy atom. The summed E-state index contributed by atoms with van der Waals surface area (Å²) in [6.07, 6.45) is 1.66. The monoisotopic (exact) mass is 211 g/mol. The summed E-state index contributed by atoms with van der Waals surface area (Å²) in [5.74, 6) is 0.661. The van der Waals surface area contributed by atoms with E-state index < -0.39 is 0 Å². The van der Waals surface area contributed by atoms with E-state index >= 15 is 0 Å². The summed E-state index contributed by atoms with van der Waals surface area (Å²) in [4.78, 5) is 3.90. The van der Waals surface area contributed by atoms with Gasteiger partial charge in [0.05, 0.1) is 16.7 Å². The van der Waals surface area contributed by atoms with Gasteiger partial charge in [0.15, 0.2) is 0 Å². The number of thiazole rings is 1. The summed E-state index contributed by atoms with van der Waals surface area (Å²) in [5, 5.41) is 1.35. The summed E-state index contributed by atoms with van der Waals surface area (Å²) >= 11 is 7.33. The van der Waals surface area contributed by atoms with E-state index in [1.807, 2.05) is 18.2 Å². The largest absolute Gasteiger partial charge is 0.443 e. The minimum atomic E-state index is 0.607. The molecule has 2 rings (SSSR count). The van der Waals surface area contributed by atoms with Crippen LogP contribution in [0.5, 0.6) is 10.8 Å². The molecule has 13 heavy (non-hydrogen) atoms. The van der Waals surface area contributed by atoms with Crippen LogP contribution in [0.2, 0.25) is 5.02 Å². The number of halogens is 1. The lowest BCUT2D eigenvalue weighted by Crippen LogP contribution is -1.80. The minimum Gasteiger partial charge on any atom is -0.443 e. The smallest absolute Gasteiger partial charge is 0.200 e. The average Bonchev–Trinajstić information content (AvgIpc) is 2.61. The summed E-state index contributed by atoms with van der Waals surface area (Å²) in [7, 11) is 0. The fourth-order valence-electron chi connectivity index (χ4n) is 0.890. The summed E-state index contributed by atoms with van der Waals surface area (Å²) in [6, 6.07) is 7.35. The van der Waals surface area contributed by atoms with E-state index in [1.165, 1.54) is 11.3 Å². The van der Waals surface area contributed by atoms with Gasteiger partial charge in [0.1, 0.15) is 5.75 Å². The van der Waals surface area contributed by atoms with E-state index in [-0.39, 0.29) is 0 Å². The molecule has 0 unspecified atom stereocenters.